The Labute approximate surface area is 241 Å². The zero-order valence-electron chi connectivity index (χ0n) is 22.4. The van der Waals surface area contributed by atoms with Crippen LogP contribution >= 0.6 is 0 Å². The highest BCUT2D eigenvalue weighted by Crippen LogP contribution is 2.29. The van der Waals surface area contributed by atoms with E-state index in [0.29, 0.717) is 22.7 Å². The second kappa shape index (κ2) is 13.4. The van der Waals surface area contributed by atoms with Crippen LogP contribution in [0.1, 0.15) is 24.1 Å². The molecule has 0 aliphatic heterocycles. The summed E-state index contributed by atoms with van der Waals surface area (Å²) in [6, 6.07) is 8.59. The minimum absolute atomic E-state index is 0.00718. The van der Waals surface area contributed by atoms with Crippen LogP contribution < -0.4 is 26.7 Å². The number of allylic oxidation sites excluding steroid dienone is 1. The number of primary amides is 1. The lowest BCUT2D eigenvalue weighted by Crippen LogP contribution is -2.44. The minimum Gasteiger partial charge on any atom is -0.486 e. The van der Waals surface area contributed by atoms with Crippen LogP contribution in [0.3, 0.4) is 0 Å². The van der Waals surface area contributed by atoms with Crippen LogP contribution in [0.15, 0.2) is 71.7 Å². The number of fused-ring (bicyclic) bond motifs is 1. The van der Waals surface area contributed by atoms with Crippen LogP contribution in [0.4, 0.5) is 23.7 Å². The molecular weight excluding hydrogens is 571 g/mol. The van der Waals surface area contributed by atoms with E-state index in [2.05, 4.69) is 15.6 Å². The molecule has 4 rings (SSSR count). The average Bonchev–Trinajstić information content (AvgIpc) is 3.33. The normalized spacial score (nSPS) is 11.9. The molecule has 3 amide bonds. The topological polar surface area (TPSA) is 169 Å². The first kappa shape index (κ1) is 30.4. The van der Waals surface area contributed by atoms with Crippen LogP contribution in [0.5, 0.6) is 5.75 Å². The average molecular weight is 598 g/mol. The summed E-state index contributed by atoms with van der Waals surface area (Å²) in [6.45, 7) is -0.320. The van der Waals surface area contributed by atoms with Gasteiger partial charge in [0.05, 0.1) is 12.1 Å². The van der Waals surface area contributed by atoms with Gasteiger partial charge >= 0.3 is 6.09 Å². The summed E-state index contributed by atoms with van der Waals surface area (Å²) >= 11 is 0. The lowest BCUT2D eigenvalue weighted by Gasteiger charge is -2.16. The van der Waals surface area contributed by atoms with Crippen molar-refractivity contribution in [3.8, 4) is 5.75 Å². The van der Waals surface area contributed by atoms with Gasteiger partial charge in [0.1, 0.15) is 41.5 Å². The first-order chi connectivity index (χ1) is 20.5. The molecule has 0 spiro atoms. The molecule has 2 heterocycles. The lowest BCUT2D eigenvalue weighted by atomic mass is 10.1. The van der Waals surface area contributed by atoms with Crippen molar-refractivity contribution in [1.82, 2.24) is 14.9 Å². The Morgan fingerprint density at radius 2 is 1.88 bits per heavy atom. The number of nitrogens with zero attached hydrogens (tertiary/aromatic N) is 1. The molecule has 6 N–H and O–H groups in total. The Hall–Kier alpha value is -5.53. The molecule has 1 unspecified atom stereocenters. The molecule has 0 saturated heterocycles. The van der Waals surface area contributed by atoms with E-state index in [4.69, 9.17) is 15.6 Å². The van der Waals surface area contributed by atoms with Crippen molar-refractivity contribution in [2.75, 3.05) is 5.32 Å². The molecule has 4 aromatic rings. The molecule has 2 aromatic heterocycles. The Kier molecular flexibility index (Phi) is 9.50. The summed E-state index contributed by atoms with van der Waals surface area (Å²) in [5.41, 5.74) is 5.21. The predicted octanol–water partition coefficient (Wildman–Crippen LogP) is 3.77. The lowest BCUT2D eigenvalue weighted by molar-refractivity contribution is -0.118. The largest absolute Gasteiger partial charge is 0.486 e. The Morgan fingerprint density at radius 3 is 2.60 bits per heavy atom. The molecule has 1 atom stereocenters. The van der Waals surface area contributed by atoms with E-state index in [0.717, 1.165) is 18.2 Å². The number of hydrogen-bond acceptors (Lipinski definition) is 5. The number of H-pyrrole nitrogens is 1. The molecule has 11 nitrogen and oxygen atoms in total. The zero-order valence-corrected chi connectivity index (χ0v) is 22.4. The van der Waals surface area contributed by atoms with Crippen molar-refractivity contribution in [2.24, 2.45) is 5.73 Å². The first-order valence-corrected chi connectivity index (χ1v) is 12.8. The Morgan fingerprint density at radius 1 is 1.09 bits per heavy atom. The van der Waals surface area contributed by atoms with Gasteiger partial charge in [-0.25, -0.2) is 18.0 Å². The summed E-state index contributed by atoms with van der Waals surface area (Å²) in [4.78, 5) is 51.0. The molecule has 43 heavy (non-hydrogen) atoms. The monoisotopic (exact) mass is 597 g/mol. The highest BCUT2D eigenvalue weighted by molar-refractivity contribution is 5.96. The van der Waals surface area contributed by atoms with Crippen molar-refractivity contribution < 1.29 is 37.4 Å². The molecule has 2 aromatic carbocycles. The van der Waals surface area contributed by atoms with Gasteiger partial charge in [0.25, 0.3) is 5.56 Å². The highest BCUT2D eigenvalue weighted by atomic mass is 19.1. The third-order valence-electron chi connectivity index (χ3n) is 6.25. The summed E-state index contributed by atoms with van der Waals surface area (Å²) in [5, 5.41) is 14.0. The molecule has 14 heteroatoms. The molecule has 0 fully saturated rings. The summed E-state index contributed by atoms with van der Waals surface area (Å²) in [6.07, 6.45) is 2.64. The number of ether oxygens (including phenoxy) is 1. The number of halogens is 3. The van der Waals surface area contributed by atoms with E-state index in [1.807, 2.05) is 0 Å². The van der Waals surface area contributed by atoms with E-state index in [1.165, 1.54) is 41.1 Å². The van der Waals surface area contributed by atoms with Crippen molar-refractivity contribution in [3.63, 3.8) is 0 Å². The van der Waals surface area contributed by atoms with Crippen molar-refractivity contribution in [1.29, 1.82) is 0 Å². The smallest absolute Gasteiger partial charge is 0.405 e. The van der Waals surface area contributed by atoms with Crippen LogP contribution in [0, 0.1) is 17.5 Å². The highest BCUT2D eigenvalue weighted by Gasteiger charge is 2.21. The molecule has 0 radical (unpaired) electrons. The van der Waals surface area contributed by atoms with Crippen molar-refractivity contribution in [2.45, 2.75) is 32.0 Å². The maximum absolute atomic E-state index is 14.3. The van der Waals surface area contributed by atoms with Gasteiger partial charge in [-0.05, 0) is 55.3 Å². The number of nitrogens with two attached hydrogens (primary N) is 1. The molecular formula is C29H26F3N5O6. The van der Waals surface area contributed by atoms with Crippen LogP contribution in [0.2, 0.25) is 0 Å². The van der Waals surface area contributed by atoms with Crippen molar-refractivity contribution >= 4 is 34.5 Å². The summed E-state index contributed by atoms with van der Waals surface area (Å²) in [5.74, 6) is -3.58. The van der Waals surface area contributed by atoms with Gasteiger partial charge in [-0.15, -0.1) is 0 Å². The number of anilines is 1. The van der Waals surface area contributed by atoms with Gasteiger partial charge in [0.2, 0.25) is 11.8 Å². The van der Waals surface area contributed by atoms with Gasteiger partial charge < -0.3 is 35.8 Å². The van der Waals surface area contributed by atoms with Gasteiger partial charge in [0.15, 0.2) is 0 Å². The number of rotatable bonds is 12. The maximum Gasteiger partial charge on any atom is 0.405 e. The number of carbonyl (C=O) groups excluding carboxylic acids is 2. The minimum atomic E-state index is -1.45. The fraction of sp³-hybridized carbons (Fsp3) is 0.172. The number of nitrogens with one attached hydrogen (secondary N) is 3. The number of hydrogen-bond donors (Lipinski definition) is 5. The predicted molar refractivity (Wildman–Crippen MR) is 150 cm³/mol. The molecule has 224 valence electrons. The van der Waals surface area contributed by atoms with E-state index < -0.39 is 47.0 Å². The van der Waals surface area contributed by atoms with E-state index in [9.17, 15) is 32.3 Å². The van der Waals surface area contributed by atoms with Gasteiger partial charge in [-0.2, -0.15) is 0 Å². The second-order valence-electron chi connectivity index (χ2n) is 9.42. The summed E-state index contributed by atoms with van der Waals surface area (Å²) in [7, 11) is 0. The number of amides is 3. The second-order valence-corrected chi connectivity index (χ2v) is 9.42. The van der Waals surface area contributed by atoms with E-state index in [-0.39, 0.29) is 43.0 Å². The number of carboxylic acid groups (broad SMARTS) is 1. The maximum atomic E-state index is 14.3. The van der Waals surface area contributed by atoms with Gasteiger partial charge in [-0.3, -0.25) is 14.4 Å². The number of pyridine rings is 1. The fourth-order valence-corrected chi connectivity index (χ4v) is 4.27. The van der Waals surface area contributed by atoms with E-state index in [1.54, 1.807) is 6.07 Å². The quantitative estimate of drug-likeness (QED) is 0.156. The van der Waals surface area contributed by atoms with Crippen LogP contribution in [-0.4, -0.2) is 38.6 Å². The van der Waals surface area contributed by atoms with Crippen LogP contribution in [0.25, 0.3) is 10.9 Å². The summed E-state index contributed by atoms with van der Waals surface area (Å²) < 4.78 is 48.5. The van der Waals surface area contributed by atoms with Gasteiger partial charge in [0, 0.05) is 35.0 Å². The Bertz CT molecular complexity index is 1770. The number of benzene rings is 2. The zero-order chi connectivity index (χ0) is 31.1. The molecule has 0 aliphatic carbocycles. The third kappa shape index (κ3) is 8.03. The third-order valence-corrected chi connectivity index (χ3v) is 6.25. The van der Waals surface area contributed by atoms with E-state index >= 15 is 0 Å². The number of aromatic nitrogens is 2. The molecule has 0 bridgehead atoms. The molecule has 0 aliphatic rings. The van der Waals surface area contributed by atoms with Gasteiger partial charge in [-0.1, -0.05) is 6.08 Å². The Balaban J connectivity index is 1.51. The number of aromatic amines is 1. The first-order valence-electron chi connectivity index (χ1n) is 12.8. The van der Waals surface area contributed by atoms with Crippen LogP contribution in [-0.2, 0) is 22.7 Å². The fourth-order valence-electron chi connectivity index (χ4n) is 4.27. The number of carbonyl (C=O) groups is 3. The SMILES string of the molecule is NC(=O)/C=C/CCC(NC(=O)O)C(=O)Nc1cccn(Cc2cc3cc(F)cc(OCc4ccc(F)cc4F)c3[nH]2)c1=O. The standard InChI is InChI=1S/C29H26F3N5O6/c30-18-8-7-16(21(32)12-18)15-43-24-13-19(31)10-17-11-20(34-26(17)24)14-37-9-3-5-23(28(37)40)35-27(39)22(36-29(41)42)4-1-2-6-25(33)38/h2-3,5-13,22,34,36H,1,4,14-15H2,(H2,33,38)(H,35,39)(H,41,42)/b6-2+. The molecule has 0 saturated carbocycles. The van der Waals surface area contributed by atoms with Crippen molar-refractivity contribution in [3.05, 3.63) is 106 Å².